The molecule has 21 heavy (non-hydrogen) atoms. The number of halogens is 2. The Morgan fingerprint density at radius 1 is 0.952 bits per heavy atom. The van der Waals surface area contributed by atoms with E-state index in [0.717, 1.165) is 0 Å². The average Bonchev–Trinajstić information content (AvgIpc) is 2.29. The molecule has 0 aliphatic rings. The molecule has 0 heterocycles. The van der Waals surface area contributed by atoms with Crippen molar-refractivity contribution in [2.75, 3.05) is 24.8 Å². The first-order valence-electron chi connectivity index (χ1n) is 7.46. The van der Waals surface area contributed by atoms with Crippen molar-refractivity contribution in [2.24, 2.45) is 0 Å². The Kier molecular flexibility index (Phi) is 9.40. The number of nitrogens with zero attached hydrogens (tertiary/aromatic N) is 2. The molecule has 0 N–H and O–H groups in total. The van der Waals surface area contributed by atoms with Crippen molar-refractivity contribution in [3.8, 4) is 0 Å². The van der Waals surface area contributed by atoms with E-state index in [2.05, 4.69) is 0 Å². The summed E-state index contributed by atoms with van der Waals surface area (Å²) in [5.41, 5.74) is -0.519. The van der Waals surface area contributed by atoms with Gasteiger partial charge in [-0.3, -0.25) is 4.57 Å². The molecule has 0 spiro atoms. The van der Waals surface area contributed by atoms with Crippen molar-refractivity contribution in [3.63, 3.8) is 0 Å². The quantitative estimate of drug-likeness (QED) is 0.436. The standard InChI is InChI=1S/C14H31Cl2N2O2P/c1-12(2)17(10-8-15)21(19,20-14(5,6)7)18(11-9-16)13(3)4/h12-13H,8-11H2,1-7H3. The van der Waals surface area contributed by atoms with E-state index in [1.807, 2.05) is 57.8 Å². The zero-order chi connectivity index (χ0) is 16.8. The van der Waals surface area contributed by atoms with Crippen LogP contribution in [0, 0.1) is 0 Å². The topological polar surface area (TPSA) is 32.8 Å². The molecule has 0 aliphatic heterocycles. The summed E-state index contributed by atoms with van der Waals surface area (Å²) >= 11 is 11.8. The van der Waals surface area contributed by atoms with Crippen LogP contribution in [0.5, 0.6) is 0 Å². The summed E-state index contributed by atoms with van der Waals surface area (Å²) in [6, 6.07) is 0.127. The van der Waals surface area contributed by atoms with Gasteiger partial charge in [0.2, 0.25) is 0 Å². The van der Waals surface area contributed by atoms with Crippen LogP contribution in [0.2, 0.25) is 0 Å². The summed E-state index contributed by atoms with van der Waals surface area (Å²) in [5, 5.41) is 0. The zero-order valence-corrected chi connectivity index (χ0v) is 16.8. The highest BCUT2D eigenvalue weighted by Gasteiger charge is 2.43. The monoisotopic (exact) mass is 360 g/mol. The zero-order valence-electron chi connectivity index (χ0n) is 14.4. The molecule has 0 aromatic rings. The summed E-state index contributed by atoms with van der Waals surface area (Å²) in [7, 11) is -3.21. The van der Waals surface area contributed by atoms with Crippen LogP contribution < -0.4 is 0 Å². The molecule has 0 saturated heterocycles. The Balaban J connectivity index is 5.77. The van der Waals surface area contributed by atoms with Crippen molar-refractivity contribution in [2.45, 2.75) is 66.2 Å². The fourth-order valence-corrected chi connectivity index (χ4v) is 5.83. The second kappa shape index (κ2) is 9.10. The molecule has 0 unspecified atom stereocenters. The van der Waals surface area contributed by atoms with Crippen LogP contribution in [-0.2, 0) is 9.09 Å². The lowest BCUT2D eigenvalue weighted by atomic mass is 10.2. The fraction of sp³-hybridized carbons (Fsp3) is 1.00. The van der Waals surface area contributed by atoms with E-state index in [4.69, 9.17) is 27.7 Å². The summed E-state index contributed by atoms with van der Waals surface area (Å²) in [6.45, 7) is 14.8. The van der Waals surface area contributed by atoms with Gasteiger partial charge in [-0.05, 0) is 48.5 Å². The Hall–Kier alpha value is 0.690. The second-order valence-corrected chi connectivity index (χ2v) is 9.53. The van der Waals surface area contributed by atoms with Crippen LogP contribution in [0.4, 0.5) is 0 Å². The van der Waals surface area contributed by atoms with Crippen molar-refractivity contribution >= 4 is 30.9 Å². The van der Waals surface area contributed by atoms with Crippen LogP contribution in [0.3, 0.4) is 0 Å². The number of hydrogen-bond acceptors (Lipinski definition) is 2. The van der Waals surface area contributed by atoms with Crippen LogP contribution in [0.15, 0.2) is 0 Å². The number of rotatable bonds is 9. The molecule has 0 aromatic carbocycles. The first kappa shape index (κ1) is 21.7. The molecule has 128 valence electrons. The van der Waals surface area contributed by atoms with E-state index in [1.54, 1.807) is 0 Å². The molecule has 0 atom stereocenters. The summed E-state index contributed by atoms with van der Waals surface area (Å²) < 4.78 is 23.6. The molecule has 0 radical (unpaired) electrons. The first-order chi connectivity index (χ1) is 9.49. The third-order valence-corrected chi connectivity index (χ3v) is 6.61. The molecule has 7 heteroatoms. The van der Waals surface area contributed by atoms with E-state index < -0.39 is 13.3 Å². The lowest BCUT2D eigenvalue weighted by Gasteiger charge is -2.44. The molecular formula is C14H31Cl2N2O2P. The lowest BCUT2D eigenvalue weighted by molar-refractivity contribution is 0.0841. The van der Waals surface area contributed by atoms with Crippen LogP contribution >= 0.6 is 30.9 Å². The minimum atomic E-state index is -3.21. The normalized spacial score (nSPS) is 14.0. The summed E-state index contributed by atoms with van der Waals surface area (Å²) in [5.74, 6) is 0.810. The van der Waals surface area contributed by atoms with Gasteiger partial charge in [-0.1, -0.05) is 0 Å². The Bertz CT molecular complexity index is 324. The van der Waals surface area contributed by atoms with Gasteiger partial charge in [0.1, 0.15) is 0 Å². The maximum Gasteiger partial charge on any atom is 0.347 e. The summed E-state index contributed by atoms with van der Waals surface area (Å²) in [4.78, 5) is 0. The van der Waals surface area contributed by atoms with Gasteiger partial charge in [-0.25, -0.2) is 9.34 Å². The SMILES string of the molecule is CC(C)N(CCCl)P(=O)(OC(C)(C)C)N(CCCl)C(C)C. The highest BCUT2D eigenvalue weighted by molar-refractivity contribution is 7.54. The van der Waals surface area contributed by atoms with Gasteiger partial charge in [0.05, 0.1) is 5.60 Å². The number of hydrogen-bond donors (Lipinski definition) is 0. The van der Waals surface area contributed by atoms with Crippen molar-refractivity contribution in [1.82, 2.24) is 9.34 Å². The molecule has 0 amide bonds. The van der Waals surface area contributed by atoms with Crippen LogP contribution in [0.25, 0.3) is 0 Å². The van der Waals surface area contributed by atoms with E-state index in [1.165, 1.54) is 0 Å². The van der Waals surface area contributed by atoms with Crippen LogP contribution in [-0.4, -0.2) is 51.9 Å². The minimum Gasteiger partial charge on any atom is -0.300 e. The van der Waals surface area contributed by atoms with Crippen molar-refractivity contribution in [1.29, 1.82) is 0 Å². The predicted octanol–water partition coefficient (Wildman–Crippen LogP) is 4.81. The molecule has 4 nitrogen and oxygen atoms in total. The highest BCUT2D eigenvalue weighted by atomic mass is 35.5. The molecule has 0 bridgehead atoms. The molecule has 0 saturated carbocycles. The van der Waals surface area contributed by atoms with E-state index in [0.29, 0.717) is 24.8 Å². The molecule has 0 aliphatic carbocycles. The average molecular weight is 361 g/mol. The van der Waals surface area contributed by atoms with E-state index >= 15 is 0 Å². The molecule has 0 rings (SSSR count). The first-order valence-corrected chi connectivity index (χ1v) is 10.1. The van der Waals surface area contributed by atoms with Gasteiger partial charge in [-0.15, -0.1) is 23.2 Å². The van der Waals surface area contributed by atoms with Gasteiger partial charge in [-0.2, -0.15) is 0 Å². The predicted molar refractivity (Wildman–Crippen MR) is 93.6 cm³/mol. The number of alkyl halides is 2. The summed E-state index contributed by atoms with van der Waals surface area (Å²) in [6.07, 6.45) is 0. The lowest BCUT2D eigenvalue weighted by Crippen LogP contribution is -2.43. The third kappa shape index (κ3) is 6.76. The largest absolute Gasteiger partial charge is 0.347 e. The molecule has 0 aromatic heterocycles. The second-order valence-electron chi connectivity index (χ2n) is 6.59. The van der Waals surface area contributed by atoms with Gasteiger partial charge in [0.15, 0.2) is 0 Å². The third-order valence-electron chi connectivity index (χ3n) is 2.86. The Labute approximate surface area is 140 Å². The minimum absolute atomic E-state index is 0.0634. The van der Waals surface area contributed by atoms with E-state index in [-0.39, 0.29) is 12.1 Å². The van der Waals surface area contributed by atoms with Gasteiger partial charge in [0.25, 0.3) is 0 Å². The van der Waals surface area contributed by atoms with Gasteiger partial charge in [0, 0.05) is 36.9 Å². The fourth-order valence-electron chi connectivity index (χ4n) is 2.14. The smallest absolute Gasteiger partial charge is 0.300 e. The van der Waals surface area contributed by atoms with Gasteiger partial charge < -0.3 is 4.52 Å². The maximum atomic E-state index is 13.8. The van der Waals surface area contributed by atoms with Crippen LogP contribution in [0.1, 0.15) is 48.5 Å². The van der Waals surface area contributed by atoms with Crippen molar-refractivity contribution in [3.05, 3.63) is 0 Å². The van der Waals surface area contributed by atoms with Crippen molar-refractivity contribution < 1.29 is 9.09 Å². The Morgan fingerprint density at radius 2 is 1.29 bits per heavy atom. The van der Waals surface area contributed by atoms with E-state index in [9.17, 15) is 4.57 Å². The van der Waals surface area contributed by atoms with Gasteiger partial charge >= 0.3 is 7.67 Å². The maximum absolute atomic E-state index is 13.8. The molecular weight excluding hydrogens is 330 g/mol. The highest BCUT2D eigenvalue weighted by Crippen LogP contribution is 2.58. The Morgan fingerprint density at radius 3 is 1.48 bits per heavy atom. The molecule has 0 fully saturated rings.